The van der Waals surface area contributed by atoms with Gasteiger partial charge in [0.05, 0.1) is 5.92 Å². The van der Waals surface area contributed by atoms with Crippen LogP contribution in [-0.2, 0) is 4.79 Å². The van der Waals surface area contributed by atoms with Crippen LogP contribution in [0.2, 0.25) is 0 Å². The minimum Gasteiger partial charge on any atom is -0.481 e. The number of unbranched alkanes of at least 4 members (excludes halogenated alkanes) is 9. The van der Waals surface area contributed by atoms with Gasteiger partial charge in [-0.05, 0) is 83.2 Å². The summed E-state index contributed by atoms with van der Waals surface area (Å²) in [5.74, 6) is 0.00635. The number of rotatable bonds is 18. The lowest BCUT2D eigenvalue weighted by Gasteiger charge is -2.26. The number of carboxylic acid groups (broad SMARTS) is 1. The van der Waals surface area contributed by atoms with Gasteiger partial charge in [0.1, 0.15) is 0 Å². The van der Waals surface area contributed by atoms with Gasteiger partial charge >= 0.3 is 5.97 Å². The molecule has 1 saturated carbocycles. The number of nitrogens with one attached hydrogen (secondary N) is 1. The van der Waals surface area contributed by atoms with E-state index in [9.17, 15) is 4.79 Å². The van der Waals surface area contributed by atoms with E-state index >= 15 is 0 Å². The Morgan fingerprint density at radius 2 is 1.41 bits per heavy atom. The molecule has 0 aromatic heterocycles. The first-order valence-electron chi connectivity index (χ1n) is 12.5. The van der Waals surface area contributed by atoms with Crippen LogP contribution >= 0.6 is 0 Å². The second-order valence-corrected chi connectivity index (χ2v) is 8.84. The third-order valence-electron chi connectivity index (χ3n) is 6.18. The highest BCUT2D eigenvalue weighted by molar-refractivity contribution is 5.69. The Morgan fingerprint density at radius 3 is 2.03 bits per heavy atom. The third kappa shape index (κ3) is 15.4. The zero-order valence-corrected chi connectivity index (χ0v) is 19.0. The molecular formula is C26H47NO2. The first kappa shape index (κ1) is 25.9. The van der Waals surface area contributed by atoms with Gasteiger partial charge in [-0.3, -0.25) is 4.79 Å². The fraction of sp³-hybridized carbons (Fsp3) is 0.808. The minimum atomic E-state index is -0.599. The topological polar surface area (TPSA) is 49.3 Å². The van der Waals surface area contributed by atoms with Crippen LogP contribution in [0.15, 0.2) is 24.3 Å². The summed E-state index contributed by atoms with van der Waals surface area (Å²) in [5.41, 5.74) is 0. The fourth-order valence-corrected chi connectivity index (χ4v) is 4.16. The van der Waals surface area contributed by atoms with Crippen LogP contribution in [0.25, 0.3) is 0 Å². The molecule has 0 aromatic carbocycles. The number of carboxylic acids is 1. The molecule has 0 spiro atoms. The van der Waals surface area contributed by atoms with Crippen LogP contribution in [0, 0.1) is 11.8 Å². The molecule has 3 nitrogen and oxygen atoms in total. The van der Waals surface area contributed by atoms with E-state index in [1.807, 2.05) is 0 Å². The lowest BCUT2D eigenvalue weighted by Crippen LogP contribution is -2.29. The summed E-state index contributed by atoms with van der Waals surface area (Å²) in [6.45, 7) is 4.45. The van der Waals surface area contributed by atoms with Crippen molar-refractivity contribution < 1.29 is 9.90 Å². The molecule has 168 valence electrons. The van der Waals surface area contributed by atoms with Gasteiger partial charge in [-0.25, -0.2) is 0 Å². The highest BCUT2D eigenvalue weighted by Gasteiger charge is 2.25. The molecule has 0 atom stereocenters. The van der Waals surface area contributed by atoms with Crippen molar-refractivity contribution in [1.29, 1.82) is 0 Å². The Bertz CT molecular complexity index is 436. The van der Waals surface area contributed by atoms with Crippen molar-refractivity contribution in [1.82, 2.24) is 5.32 Å². The van der Waals surface area contributed by atoms with E-state index in [1.54, 1.807) is 0 Å². The largest absolute Gasteiger partial charge is 0.481 e. The average molecular weight is 406 g/mol. The Hall–Kier alpha value is -1.09. The van der Waals surface area contributed by atoms with E-state index in [1.165, 1.54) is 70.6 Å². The molecule has 0 bridgehead atoms. The molecule has 0 aromatic rings. The fourth-order valence-electron chi connectivity index (χ4n) is 4.16. The quantitative estimate of drug-likeness (QED) is 0.186. The van der Waals surface area contributed by atoms with Crippen molar-refractivity contribution in [3.05, 3.63) is 24.3 Å². The van der Waals surface area contributed by atoms with Crippen molar-refractivity contribution in [2.75, 3.05) is 13.1 Å². The third-order valence-corrected chi connectivity index (χ3v) is 6.18. The van der Waals surface area contributed by atoms with Gasteiger partial charge in [0.15, 0.2) is 0 Å². The minimum absolute atomic E-state index is 0.0844. The highest BCUT2D eigenvalue weighted by Crippen LogP contribution is 2.28. The maximum Gasteiger partial charge on any atom is 0.306 e. The maximum atomic E-state index is 11.0. The van der Waals surface area contributed by atoms with E-state index < -0.39 is 5.97 Å². The monoisotopic (exact) mass is 405 g/mol. The van der Waals surface area contributed by atoms with Crippen LogP contribution in [-0.4, -0.2) is 24.2 Å². The number of hydrogen-bond acceptors (Lipinski definition) is 2. The van der Waals surface area contributed by atoms with E-state index in [0.717, 1.165) is 45.2 Å². The van der Waals surface area contributed by atoms with Gasteiger partial charge in [-0.1, -0.05) is 69.8 Å². The molecule has 0 aliphatic heterocycles. The molecule has 3 heteroatoms. The van der Waals surface area contributed by atoms with E-state index in [-0.39, 0.29) is 5.92 Å². The van der Waals surface area contributed by atoms with E-state index in [2.05, 4.69) is 36.5 Å². The summed E-state index contributed by atoms with van der Waals surface area (Å²) in [5, 5.41) is 12.6. The average Bonchev–Trinajstić information content (AvgIpc) is 2.73. The van der Waals surface area contributed by atoms with Crippen molar-refractivity contribution >= 4 is 5.97 Å². The number of carbonyl (C=O) groups is 1. The first-order chi connectivity index (χ1) is 14.2. The van der Waals surface area contributed by atoms with Gasteiger partial charge in [-0.15, -0.1) is 0 Å². The Morgan fingerprint density at radius 1 is 0.828 bits per heavy atom. The van der Waals surface area contributed by atoms with Crippen molar-refractivity contribution in [2.45, 2.75) is 110 Å². The smallest absolute Gasteiger partial charge is 0.306 e. The normalized spacial score (nSPS) is 20.0. The first-order valence-corrected chi connectivity index (χ1v) is 12.5. The number of allylic oxidation sites excluding steroid dienone is 4. The maximum absolute atomic E-state index is 11.0. The number of hydrogen-bond donors (Lipinski definition) is 2. The molecule has 0 heterocycles. The van der Waals surface area contributed by atoms with Crippen LogP contribution in [0.5, 0.6) is 0 Å². The summed E-state index contributed by atoms with van der Waals surface area (Å²) in [6, 6.07) is 0. The molecule has 2 N–H and O–H groups in total. The molecule has 1 aliphatic rings. The molecule has 0 amide bonds. The molecule has 0 saturated heterocycles. The summed E-state index contributed by atoms with van der Waals surface area (Å²) in [6.07, 6.45) is 28.8. The zero-order valence-electron chi connectivity index (χ0n) is 19.0. The van der Waals surface area contributed by atoms with E-state index in [0.29, 0.717) is 5.92 Å². The molecule has 1 fully saturated rings. The number of aliphatic carboxylic acids is 1. The molecule has 1 aliphatic carbocycles. The molecule has 0 radical (unpaired) electrons. The summed E-state index contributed by atoms with van der Waals surface area (Å²) < 4.78 is 0. The second-order valence-electron chi connectivity index (χ2n) is 8.84. The van der Waals surface area contributed by atoms with Gasteiger partial charge in [0, 0.05) is 0 Å². The Balaban J connectivity index is 1.78. The predicted octanol–water partition coefficient (Wildman–Crippen LogP) is 7.28. The lowest BCUT2D eigenvalue weighted by molar-refractivity contribution is -0.143. The van der Waals surface area contributed by atoms with Crippen molar-refractivity contribution in [2.24, 2.45) is 11.8 Å². The van der Waals surface area contributed by atoms with Crippen molar-refractivity contribution in [3.8, 4) is 0 Å². The molecule has 0 unspecified atom stereocenters. The van der Waals surface area contributed by atoms with Crippen LogP contribution in [0.1, 0.15) is 110 Å². The second kappa shape index (κ2) is 18.9. The van der Waals surface area contributed by atoms with Crippen molar-refractivity contribution in [3.63, 3.8) is 0 Å². The molecule has 1 rings (SSSR count). The lowest BCUT2D eigenvalue weighted by atomic mass is 9.82. The summed E-state index contributed by atoms with van der Waals surface area (Å²) in [7, 11) is 0. The SMILES string of the molecule is CCCCCC=CCC=CCCCCCCCCNCC1CCC(C(=O)O)CC1. The zero-order chi connectivity index (χ0) is 21.0. The summed E-state index contributed by atoms with van der Waals surface area (Å²) >= 11 is 0. The highest BCUT2D eigenvalue weighted by atomic mass is 16.4. The van der Waals surface area contributed by atoms with Gasteiger partial charge < -0.3 is 10.4 Å². The molecular weight excluding hydrogens is 358 g/mol. The Kier molecular flexibility index (Phi) is 16.9. The van der Waals surface area contributed by atoms with E-state index in [4.69, 9.17) is 5.11 Å². The summed E-state index contributed by atoms with van der Waals surface area (Å²) in [4.78, 5) is 11.0. The standard InChI is InChI=1S/C26H47NO2/c1-2-3-4-5-6-7-8-9-10-11-12-13-14-15-16-17-22-27-23-24-18-20-25(21-19-24)26(28)29/h6-7,9-10,24-25,27H,2-5,8,11-23H2,1H3,(H,28,29). The molecule has 29 heavy (non-hydrogen) atoms. The van der Waals surface area contributed by atoms with Crippen LogP contribution in [0.4, 0.5) is 0 Å². The van der Waals surface area contributed by atoms with Gasteiger partial charge in [0.2, 0.25) is 0 Å². The predicted molar refractivity (Wildman–Crippen MR) is 125 cm³/mol. The Labute approximate surface area is 180 Å². The van der Waals surface area contributed by atoms with Crippen LogP contribution < -0.4 is 5.32 Å². The van der Waals surface area contributed by atoms with Crippen LogP contribution in [0.3, 0.4) is 0 Å². The van der Waals surface area contributed by atoms with Gasteiger partial charge in [0.25, 0.3) is 0 Å². The van der Waals surface area contributed by atoms with Gasteiger partial charge in [-0.2, -0.15) is 0 Å².